The van der Waals surface area contributed by atoms with E-state index < -0.39 is 6.10 Å². The Balaban J connectivity index is 1.69. The summed E-state index contributed by atoms with van der Waals surface area (Å²) in [5.74, 6) is 0.946. The van der Waals surface area contributed by atoms with Gasteiger partial charge < -0.3 is 15.6 Å². The Morgan fingerprint density at radius 1 is 1.14 bits per heavy atom. The summed E-state index contributed by atoms with van der Waals surface area (Å²) in [5, 5.41) is 10.4. The van der Waals surface area contributed by atoms with Gasteiger partial charge in [-0.3, -0.25) is 4.90 Å². The predicted octanol–water partition coefficient (Wildman–Crippen LogP) is 2.20. The van der Waals surface area contributed by atoms with Gasteiger partial charge in [-0.05, 0) is 23.8 Å². The molecular formula is C17H20N2O2. The van der Waals surface area contributed by atoms with Crippen LogP contribution >= 0.6 is 0 Å². The number of β-amino-alcohol motifs (C(OH)–C–C–N with tert-alkyl or cyclic N) is 1. The van der Waals surface area contributed by atoms with Gasteiger partial charge in [0, 0.05) is 30.9 Å². The van der Waals surface area contributed by atoms with E-state index >= 15 is 0 Å². The molecule has 1 heterocycles. The van der Waals surface area contributed by atoms with Crippen molar-refractivity contribution in [1.82, 2.24) is 4.90 Å². The number of rotatable bonds is 3. The monoisotopic (exact) mass is 284 g/mol. The van der Waals surface area contributed by atoms with Gasteiger partial charge in [0.15, 0.2) is 0 Å². The lowest BCUT2D eigenvalue weighted by Crippen LogP contribution is -2.30. The van der Waals surface area contributed by atoms with E-state index in [1.54, 1.807) is 0 Å². The van der Waals surface area contributed by atoms with E-state index in [0.717, 1.165) is 24.4 Å². The molecule has 0 fully saturated rings. The first-order valence-electron chi connectivity index (χ1n) is 7.19. The van der Waals surface area contributed by atoms with Crippen LogP contribution in [0, 0.1) is 0 Å². The number of nitrogens with two attached hydrogens (primary N) is 1. The van der Waals surface area contributed by atoms with E-state index in [4.69, 9.17) is 10.5 Å². The molecule has 0 amide bonds. The SMILES string of the molecule is Nc1ccc(C(O)CN2CCOc3ccccc3C2)cc1. The average molecular weight is 284 g/mol. The molecule has 110 valence electrons. The highest BCUT2D eigenvalue weighted by Crippen LogP contribution is 2.24. The number of hydrogen-bond acceptors (Lipinski definition) is 4. The molecular weight excluding hydrogens is 264 g/mol. The highest BCUT2D eigenvalue weighted by Gasteiger charge is 2.18. The molecule has 1 unspecified atom stereocenters. The highest BCUT2D eigenvalue weighted by atomic mass is 16.5. The van der Waals surface area contributed by atoms with Crippen molar-refractivity contribution in [3.63, 3.8) is 0 Å². The molecule has 0 aromatic heterocycles. The fourth-order valence-corrected chi connectivity index (χ4v) is 2.60. The van der Waals surface area contributed by atoms with Crippen molar-refractivity contribution in [3.05, 3.63) is 59.7 Å². The fourth-order valence-electron chi connectivity index (χ4n) is 2.60. The second kappa shape index (κ2) is 6.16. The van der Waals surface area contributed by atoms with E-state index in [9.17, 15) is 5.11 Å². The van der Waals surface area contributed by atoms with Crippen LogP contribution in [-0.2, 0) is 6.54 Å². The lowest BCUT2D eigenvalue weighted by atomic mass is 10.1. The maximum atomic E-state index is 10.4. The minimum Gasteiger partial charge on any atom is -0.492 e. The zero-order valence-corrected chi connectivity index (χ0v) is 11.9. The summed E-state index contributed by atoms with van der Waals surface area (Å²) in [6.45, 7) is 2.83. The number of fused-ring (bicyclic) bond motifs is 1. The molecule has 4 heteroatoms. The Morgan fingerprint density at radius 3 is 2.71 bits per heavy atom. The molecule has 0 saturated carbocycles. The largest absolute Gasteiger partial charge is 0.492 e. The van der Waals surface area contributed by atoms with E-state index in [-0.39, 0.29) is 0 Å². The summed E-state index contributed by atoms with van der Waals surface area (Å²) < 4.78 is 5.74. The molecule has 0 bridgehead atoms. The van der Waals surface area contributed by atoms with Gasteiger partial charge in [0.25, 0.3) is 0 Å². The number of para-hydroxylation sites is 1. The molecule has 2 aromatic rings. The second-order valence-corrected chi connectivity index (χ2v) is 5.37. The molecule has 0 saturated heterocycles. The van der Waals surface area contributed by atoms with Gasteiger partial charge in [0.1, 0.15) is 12.4 Å². The van der Waals surface area contributed by atoms with Crippen LogP contribution in [0.3, 0.4) is 0 Å². The van der Waals surface area contributed by atoms with Crippen molar-refractivity contribution < 1.29 is 9.84 Å². The van der Waals surface area contributed by atoms with Crippen molar-refractivity contribution in [2.45, 2.75) is 12.6 Å². The van der Waals surface area contributed by atoms with Crippen molar-refractivity contribution in [2.24, 2.45) is 0 Å². The molecule has 0 radical (unpaired) electrons. The average Bonchev–Trinajstić information content (AvgIpc) is 2.69. The van der Waals surface area contributed by atoms with Crippen molar-refractivity contribution in [3.8, 4) is 5.75 Å². The Kier molecular flexibility index (Phi) is 4.08. The van der Waals surface area contributed by atoms with Crippen LogP contribution in [0.2, 0.25) is 0 Å². The number of anilines is 1. The summed E-state index contributed by atoms with van der Waals surface area (Å²) in [5.41, 5.74) is 8.44. The number of nitrogens with zero attached hydrogens (tertiary/aromatic N) is 1. The number of nitrogen functional groups attached to an aromatic ring is 1. The molecule has 0 aliphatic carbocycles. The smallest absolute Gasteiger partial charge is 0.123 e. The van der Waals surface area contributed by atoms with E-state index in [2.05, 4.69) is 11.0 Å². The van der Waals surface area contributed by atoms with Gasteiger partial charge in [-0.1, -0.05) is 30.3 Å². The van der Waals surface area contributed by atoms with Crippen LogP contribution in [0.5, 0.6) is 5.75 Å². The van der Waals surface area contributed by atoms with Crippen LogP contribution in [0.1, 0.15) is 17.2 Å². The van der Waals surface area contributed by atoms with Crippen molar-refractivity contribution in [2.75, 3.05) is 25.4 Å². The molecule has 3 rings (SSSR count). The quantitative estimate of drug-likeness (QED) is 0.848. The van der Waals surface area contributed by atoms with Gasteiger partial charge in [-0.2, -0.15) is 0 Å². The Labute approximate surface area is 124 Å². The summed E-state index contributed by atoms with van der Waals surface area (Å²) >= 11 is 0. The standard InChI is InChI=1S/C17H20N2O2/c18-15-7-5-13(6-8-15)16(20)12-19-9-10-21-17-4-2-1-3-14(17)11-19/h1-8,16,20H,9-12,18H2. The maximum absolute atomic E-state index is 10.4. The summed E-state index contributed by atoms with van der Waals surface area (Å²) in [6.07, 6.45) is -0.518. The second-order valence-electron chi connectivity index (χ2n) is 5.37. The van der Waals surface area contributed by atoms with E-state index in [0.29, 0.717) is 18.8 Å². The molecule has 1 atom stereocenters. The molecule has 0 spiro atoms. The van der Waals surface area contributed by atoms with Crippen molar-refractivity contribution in [1.29, 1.82) is 0 Å². The lowest BCUT2D eigenvalue weighted by molar-refractivity contribution is 0.105. The van der Waals surface area contributed by atoms with Crippen LogP contribution < -0.4 is 10.5 Å². The van der Waals surface area contributed by atoms with E-state index in [1.807, 2.05) is 42.5 Å². The van der Waals surface area contributed by atoms with Crippen LogP contribution in [-0.4, -0.2) is 29.7 Å². The van der Waals surface area contributed by atoms with Gasteiger partial charge >= 0.3 is 0 Å². The van der Waals surface area contributed by atoms with Gasteiger partial charge in [-0.15, -0.1) is 0 Å². The summed E-state index contributed by atoms with van der Waals surface area (Å²) in [6, 6.07) is 15.5. The highest BCUT2D eigenvalue weighted by molar-refractivity contribution is 5.40. The number of aliphatic hydroxyl groups excluding tert-OH is 1. The Bertz CT molecular complexity index is 598. The Morgan fingerprint density at radius 2 is 1.90 bits per heavy atom. The topological polar surface area (TPSA) is 58.7 Å². The number of hydrogen-bond donors (Lipinski definition) is 2. The minimum absolute atomic E-state index is 0.518. The van der Waals surface area contributed by atoms with Gasteiger partial charge in [0.2, 0.25) is 0 Å². The first-order chi connectivity index (χ1) is 10.2. The third-order valence-corrected chi connectivity index (χ3v) is 3.78. The Hall–Kier alpha value is -2.04. The molecule has 3 N–H and O–H groups in total. The normalized spacial score (nSPS) is 16.6. The maximum Gasteiger partial charge on any atom is 0.123 e. The molecule has 21 heavy (non-hydrogen) atoms. The molecule has 1 aliphatic rings. The van der Waals surface area contributed by atoms with Crippen LogP contribution in [0.15, 0.2) is 48.5 Å². The minimum atomic E-state index is -0.518. The third-order valence-electron chi connectivity index (χ3n) is 3.78. The number of benzene rings is 2. The van der Waals surface area contributed by atoms with E-state index in [1.165, 1.54) is 5.56 Å². The molecule has 2 aromatic carbocycles. The van der Waals surface area contributed by atoms with Crippen LogP contribution in [0.4, 0.5) is 5.69 Å². The fraction of sp³-hybridized carbons (Fsp3) is 0.294. The van der Waals surface area contributed by atoms with Crippen molar-refractivity contribution >= 4 is 5.69 Å². The lowest BCUT2D eigenvalue weighted by Gasteiger charge is -2.23. The summed E-state index contributed by atoms with van der Waals surface area (Å²) in [7, 11) is 0. The van der Waals surface area contributed by atoms with Gasteiger partial charge in [0.05, 0.1) is 6.10 Å². The zero-order chi connectivity index (χ0) is 14.7. The first-order valence-corrected chi connectivity index (χ1v) is 7.19. The number of aliphatic hydroxyl groups is 1. The first kappa shape index (κ1) is 13.9. The summed E-state index contributed by atoms with van der Waals surface area (Å²) in [4.78, 5) is 2.22. The van der Waals surface area contributed by atoms with Gasteiger partial charge in [-0.25, -0.2) is 0 Å². The number of ether oxygens (including phenoxy) is 1. The zero-order valence-electron chi connectivity index (χ0n) is 11.9. The third kappa shape index (κ3) is 3.35. The molecule has 4 nitrogen and oxygen atoms in total. The van der Waals surface area contributed by atoms with Crippen LogP contribution in [0.25, 0.3) is 0 Å². The molecule has 1 aliphatic heterocycles. The predicted molar refractivity (Wildman–Crippen MR) is 83.0 cm³/mol.